The number of primary amides is 1. The van der Waals surface area contributed by atoms with Gasteiger partial charge in [0.1, 0.15) is 9.71 Å². The second-order valence-corrected chi connectivity index (χ2v) is 6.09. The van der Waals surface area contributed by atoms with Crippen molar-refractivity contribution in [3.05, 3.63) is 28.8 Å². The summed E-state index contributed by atoms with van der Waals surface area (Å²) >= 11 is 1.17. The molecule has 4 N–H and O–H groups in total. The third-order valence-corrected chi connectivity index (χ3v) is 4.74. The van der Waals surface area contributed by atoms with Gasteiger partial charge >= 0.3 is 0 Å². The van der Waals surface area contributed by atoms with E-state index in [1.165, 1.54) is 11.3 Å². The summed E-state index contributed by atoms with van der Waals surface area (Å²) in [5.41, 5.74) is 13.2. The first kappa shape index (κ1) is 13.8. The van der Waals surface area contributed by atoms with Crippen molar-refractivity contribution < 1.29 is 14.3 Å². The second-order valence-electron chi connectivity index (χ2n) is 5.09. The summed E-state index contributed by atoms with van der Waals surface area (Å²) in [6.07, 6.45) is 0. The fourth-order valence-corrected chi connectivity index (χ4v) is 3.54. The number of rotatable bonds is 2. The Morgan fingerprint density at radius 2 is 2.04 bits per heavy atom. The van der Waals surface area contributed by atoms with Gasteiger partial charge in [-0.1, -0.05) is 0 Å². The molecule has 8 heteroatoms. The minimum Gasteiger partial charge on any atom is -0.454 e. The quantitative estimate of drug-likeness (QED) is 0.744. The van der Waals surface area contributed by atoms with Gasteiger partial charge in [0, 0.05) is 5.56 Å². The molecule has 1 aliphatic rings. The molecule has 0 atom stereocenters. The normalized spacial score (nSPS) is 12.7. The van der Waals surface area contributed by atoms with E-state index >= 15 is 0 Å². The first-order chi connectivity index (χ1) is 11.0. The molecule has 2 aromatic heterocycles. The fourth-order valence-electron chi connectivity index (χ4n) is 2.54. The Balaban J connectivity index is 1.90. The summed E-state index contributed by atoms with van der Waals surface area (Å²) in [6.45, 7) is 2.04. The highest BCUT2D eigenvalue weighted by Gasteiger charge is 2.20. The number of nitrogen functional groups attached to an aromatic ring is 1. The number of aryl methyl sites for hydroxylation is 1. The topological polar surface area (TPSA) is 113 Å². The van der Waals surface area contributed by atoms with Crippen LogP contribution >= 0.6 is 11.3 Å². The number of benzene rings is 1. The second kappa shape index (κ2) is 4.82. The minimum absolute atomic E-state index is 0.209. The number of aromatic nitrogens is 2. The molecule has 23 heavy (non-hydrogen) atoms. The van der Waals surface area contributed by atoms with Crippen LogP contribution in [0.1, 0.15) is 15.4 Å². The lowest BCUT2D eigenvalue weighted by atomic mass is 10.1. The molecule has 4 rings (SSSR count). The molecule has 0 spiro atoms. The Morgan fingerprint density at radius 1 is 1.26 bits per heavy atom. The van der Waals surface area contributed by atoms with E-state index in [2.05, 4.69) is 9.97 Å². The van der Waals surface area contributed by atoms with Crippen molar-refractivity contribution in [2.24, 2.45) is 5.73 Å². The van der Waals surface area contributed by atoms with Gasteiger partial charge in [-0.3, -0.25) is 4.79 Å². The Hall–Kier alpha value is -2.87. The van der Waals surface area contributed by atoms with Crippen molar-refractivity contribution in [3.8, 4) is 22.9 Å². The summed E-state index contributed by atoms with van der Waals surface area (Å²) in [6, 6.07) is 5.51. The molecule has 0 unspecified atom stereocenters. The predicted octanol–water partition coefficient (Wildman–Crippen LogP) is 2.08. The van der Waals surface area contributed by atoms with Gasteiger partial charge < -0.3 is 20.9 Å². The molecule has 116 valence electrons. The number of fused-ring (bicyclic) bond motifs is 2. The van der Waals surface area contributed by atoms with E-state index in [0.717, 1.165) is 5.56 Å². The van der Waals surface area contributed by atoms with Crippen LogP contribution in [0, 0.1) is 6.92 Å². The van der Waals surface area contributed by atoms with Crippen molar-refractivity contribution in [2.45, 2.75) is 6.92 Å². The maximum Gasteiger partial charge on any atom is 0.260 e. The maximum atomic E-state index is 11.5. The summed E-state index contributed by atoms with van der Waals surface area (Å²) in [5, 5.41) is 0.674. The van der Waals surface area contributed by atoms with Crippen molar-refractivity contribution in [1.82, 2.24) is 9.97 Å². The molecular weight excluding hydrogens is 316 g/mol. The summed E-state index contributed by atoms with van der Waals surface area (Å²) in [7, 11) is 0. The fraction of sp³-hybridized carbons (Fsp3) is 0.133. The highest BCUT2D eigenvalue weighted by atomic mass is 32.1. The van der Waals surface area contributed by atoms with Crippen LogP contribution in [-0.2, 0) is 0 Å². The number of nitrogens with zero attached hydrogens (tertiary/aromatic N) is 2. The van der Waals surface area contributed by atoms with Crippen LogP contribution in [-0.4, -0.2) is 22.7 Å². The molecule has 1 aliphatic heterocycles. The Morgan fingerprint density at radius 3 is 2.83 bits per heavy atom. The van der Waals surface area contributed by atoms with Crippen LogP contribution in [0.3, 0.4) is 0 Å². The lowest BCUT2D eigenvalue weighted by Crippen LogP contribution is -2.10. The zero-order valence-electron chi connectivity index (χ0n) is 12.1. The summed E-state index contributed by atoms with van der Waals surface area (Å²) in [5.74, 6) is 1.33. The molecular formula is C15H12N4O3S. The summed E-state index contributed by atoms with van der Waals surface area (Å²) in [4.78, 5) is 21.4. The van der Waals surface area contributed by atoms with Gasteiger partial charge in [-0.15, -0.1) is 11.3 Å². The highest BCUT2D eigenvalue weighted by molar-refractivity contribution is 7.21. The van der Waals surface area contributed by atoms with Crippen LogP contribution in [0.25, 0.3) is 21.6 Å². The molecule has 0 saturated heterocycles. The van der Waals surface area contributed by atoms with Crippen LogP contribution in [0.15, 0.2) is 18.2 Å². The lowest BCUT2D eigenvalue weighted by molar-refractivity contribution is 0.100. The smallest absolute Gasteiger partial charge is 0.260 e. The highest BCUT2D eigenvalue weighted by Crippen LogP contribution is 2.38. The van der Waals surface area contributed by atoms with Gasteiger partial charge in [-0.2, -0.15) is 0 Å². The van der Waals surface area contributed by atoms with E-state index in [9.17, 15) is 4.79 Å². The number of hydrogen-bond donors (Lipinski definition) is 2. The average molecular weight is 328 g/mol. The van der Waals surface area contributed by atoms with Gasteiger partial charge in [0.2, 0.25) is 6.79 Å². The van der Waals surface area contributed by atoms with E-state index in [1.54, 1.807) is 0 Å². The molecule has 0 fully saturated rings. The molecule has 0 saturated carbocycles. The molecule has 1 aromatic carbocycles. The third-order valence-electron chi connectivity index (χ3n) is 3.62. The average Bonchev–Trinajstić information content (AvgIpc) is 3.11. The largest absolute Gasteiger partial charge is 0.454 e. The molecule has 3 heterocycles. The van der Waals surface area contributed by atoms with Crippen LogP contribution in [0.2, 0.25) is 0 Å². The lowest BCUT2D eigenvalue weighted by Gasteiger charge is -2.04. The van der Waals surface area contributed by atoms with Crippen molar-refractivity contribution in [3.63, 3.8) is 0 Å². The van der Waals surface area contributed by atoms with Gasteiger partial charge in [0.15, 0.2) is 17.3 Å². The number of amides is 1. The van der Waals surface area contributed by atoms with Crippen LogP contribution < -0.4 is 20.9 Å². The number of carbonyl (C=O) groups excluding carboxylic acids is 1. The molecule has 3 aromatic rings. The number of anilines is 1. The molecule has 0 bridgehead atoms. The van der Waals surface area contributed by atoms with Gasteiger partial charge in [-0.05, 0) is 25.1 Å². The van der Waals surface area contributed by atoms with Crippen molar-refractivity contribution >= 4 is 33.1 Å². The van der Waals surface area contributed by atoms with Crippen LogP contribution in [0.4, 0.5) is 5.69 Å². The number of nitrogens with two attached hydrogens (primary N) is 2. The Bertz CT molecular complexity index is 967. The summed E-state index contributed by atoms with van der Waals surface area (Å²) < 4.78 is 10.7. The van der Waals surface area contributed by atoms with Gasteiger partial charge in [0.05, 0.1) is 16.8 Å². The predicted molar refractivity (Wildman–Crippen MR) is 86.6 cm³/mol. The molecule has 1 amide bonds. The maximum absolute atomic E-state index is 11.5. The Labute approximate surface area is 134 Å². The van der Waals surface area contributed by atoms with E-state index < -0.39 is 5.91 Å². The van der Waals surface area contributed by atoms with E-state index in [1.807, 2.05) is 25.1 Å². The van der Waals surface area contributed by atoms with Gasteiger partial charge in [-0.25, -0.2) is 9.97 Å². The Kier molecular flexibility index (Phi) is 2.88. The standard InChI is InChI=1S/C15H12N4O3S/c1-6-10-11(16)12(13(17)20)23-15(10)19-14(18-6)7-2-3-8-9(4-7)22-5-21-8/h2-4H,5,16H2,1H3,(H2,17,20). The monoisotopic (exact) mass is 328 g/mol. The zero-order valence-corrected chi connectivity index (χ0v) is 12.9. The molecule has 0 aliphatic carbocycles. The first-order valence-corrected chi connectivity index (χ1v) is 7.62. The molecule has 0 radical (unpaired) electrons. The SMILES string of the molecule is Cc1nc(-c2ccc3c(c2)OCO3)nc2sc(C(N)=O)c(N)c12. The van der Waals surface area contributed by atoms with E-state index in [-0.39, 0.29) is 6.79 Å². The number of thiophene rings is 1. The van der Waals surface area contributed by atoms with E-state index in [4.69, 9.17) is 20.9 Å². The first-order valence-electron chi connectivity index (χ1n) is 6.81. The molecule has 7 nitrogen and oxygen atoms in total. The number of hydrogen-bond acceptors (Lipinski definition) is 7. The van der Waals surface area contributed by atoms with Gasteiger partial charge in [0.25, 0.3) is 5.91 Å². The number of ether oxygens (including phenoxy) is 2. The number of carbonyl (C=O) groups is 1. The van der Waals surface area contributed by atoms with Crippen molar-refractivity contribution in [1.29, 1.82) is 0 Å². The van der Waals surface area contributed by atoms with E-state index in [0.29, 0.717) is 43.8 Å². The zero-order chi connectivity index (χ0) is 16.1. The van der Waals surface area contributed by atoms with Crippen molar-refractivity contribution in [2.75, 3.05) is 12.5 Å². The third kappa shape index (κ3) is 2.07. The minimum atomic E-state index is -0.561. The van der Waals surface area contributed by atoms with Crippen LogP contribution in [0.5, 0.6) is 11.5 Å².